The van der Waals surface area contributed by atoms with E-state index in [0.29, 0.717) is 0 Å². The molecule has 8 N–H and O–H groups in total. The number of phenolic OH excluding ortho intramolecular Hbond substituents is 4. The molecule has 11 nitrogen and oxygen atoms in total. The van der Waals surface area contributed by atoms with Crippen LogP contribution in [0.4, 0.5) is 0 Å². The van der Waals surface area contributed by atoms with Crippen LogP contribution in [0, 0.1) is 0 Å². The lowest BCUT2D eigenvalue weighted by Crippen LogP contribution is -2.55. The number of phenols is 4. The summed E-state index contributed by atoms with van der Waals surface area (Å²) in [6.45, 7) is -0.722. The number of ether oxygens (including phenoxy) is 1. The maximum absolute atomic E-state index is 12.8. The van der Waals surface area contributed by atoms with Crippen LogP contribution in [-0.2, 0) is 4.74 Å². The second-order valence-electron chi connectivity index (χ2n) is 7.46. The molecule has 170 valence electrons. The zero-order chi connectivity index (χ0) is 23.3. The van der Waals surface area contributed by atoms with E-state index in [1.165, 1.54) is 6.07 Å². The second kappa shape index (κ2) is 7.97. The molecule has 0 bridgehead atoms. The van der Waals surface area contributed by atoms with Crippen LogP contribution >= 0.6 is 0 Å². The lowest BCUT2D eigenvalue weighted by atomic mass is 9.89. The average Bonchev–Trinajstić information content (AvgIpc) is 2.74. The van der Waals surface area contributed by atoms with Crippen molar-refractivity contribution in [3.8, 4) is 34.3 Å². The van der Waals surface area contributed by atoms with E-state index in [-0.39, 0.29) is 27.9 Å². The lowest BCUT2D eigenvalue weighted by Gasteiger charge is -2.40. The Morgan fingerprint density at radius 3 is 2.19 bits per heavy atom. The molecule has 1 aliphatic heterocycles. The first kappa shape index (κ1) is 21.9. The summed E-state index contributed by atoms with van der Waals surface area (Å²) >= 11 is 0. The van der Waals surface area contributed by atoms with Crippen LogP contribution in [0.2, 0.25) is 0 Å². The van der Waals surface area contributed by atoms with Crippen molar-refractivity contribution in [3.63, 3.8) is 0 Å². The predicted molar refractivity (Wildman–Crippen MR) is 107 cm³/mol. The molecule has 2 heterocycles. The first-order valence-electron chi connectivity index (χ1n) is 9.49. The highest BCUT2D eigenvalue weighted by molar-refractivity contribution is 5.89. The Morgan fingerprint density at radius 2 is 1.53 bits per heavy atom. The first-order valence-corrected chi connectivity index (χ1v) is 9.49. The molecule has 1 saturated heterocycles. The average molecular weight is 448 g/mol. The molecule has 4 rings (SSSR count). The highest BCUT2D eigenvalue weighted by atomic mass is 16.5. The van der Waals surface area contributed by atoms with E-state index in [9.17, 15) is 45.6 Å². The summed E-state index contributed by atoms with van der Waals surface area (Å²) in [5, 5.41) is 79.7. The van der Waals surface area contributed by atoms with E-state index >= 15 is 0 Å². The third kappa shape index (κ3) is 3.42. The van der Waals surface area contributed by atoms with Crippen LogP contribution in [0.5, 0.6) is 23.0 Å². The Kier molecular flexibility index (Phi) is 5.44. The Morgan fingerprint density at radius 1 is 0.812 bits per heavy atom. The zero-order valence-corrected chi connectivity index (χ0v) is 16.3. The zero-order valence-electron chi connectivity index (χ0n) is 16.3. The van der Waals surface area contributed by atoms with Crippen LogP contribution in [-0.4, -0.2) is 71.9 Å². The van der Waals surface area contributed by atoms with Gasteiger partial charge >= 0.3 is 0 Å². The van der Waals surface area contributed by atoms with Crippen molar-refractivity contribution in [3.05, 3.63) is 46.1 Å². The largest absolute Gasteiger partial charge is 0.507 e. The highest BCUT2D eigenvalue weighted by Gasteiger charge is 2.46. The minimum Gasteiger partial charge on any atom is -0.507 e. The van der Waals surface area contributed by atoms with Gasteiger partial charge in [0, 0.05) is 17.7 Å². The minimum atomic E-state index is -1.79. The molecule has 1 aliphatic rings. The summed E-state index contributed by atoms with van der Waals surface area (Å²) in [4.78, 5) is 12.8. The first-order chi connectivity index (χ1) is 15.1. The molecule has 0 saturated carbocycles. The number of hydrogen-bond acceptors (Lipinski definition) is 11. The van der Waals surface area contributed by atoms with Crippen LogP contribution < -0.4 is 5.43 Å². The summed E-state index contributed by atoms with van der Waals surface area (Å²) in [5.41, 5.74) is -1.27. The van der Waals surface area contributed by atoms with Crippen LogP contribution in [0.1, 0.15) is 11.7 Å². The van der Waals surface area contributed by atoms with Gasteiger partial charge in [-0.25, -0.2) is 0 Å². The van der Waals surface area contributed by atoms with Gasteiger partial charge in [0.25, 0.3) is 0 Å². The van der Waals surface area contributed by atoms with Crippen molar-refractivity contribution in [2.75, 3.05) is 6.61 Å². The number of aliphatic hydroxyl groups is 4. The molecule has 0 unspecified atom stereocenters. The van der Waals surface area contributed by atoms with Crippen molar-refractivity contribution < 1.29 is 50.0 Å². The molecule has 2 aromatic carbocycles. The van der Waals surface area contributed by atoms with Gasteiger partial charge in [0.1, 0.15) is 53.2 Å². The molecule has 0 spiro atoms. The molecule has 3 aromatic rings. The van der Waals surface area contributed by atoms with E-state index < -0.39 is 65.6 Å². The van der Waals surface area contributed by atoms with E-state index in [1.54, 1.807) is 0 Å². The second-order valence-corrected chi connectivity index (χ2v) is 7.46. The van der Waals surface area contributed by atoms with Crippen molar-refractivity contribution >= 4 is 11.0 Å². The quantitative estimate of drug-likeness (QED) is 0.247. The Balaban J connectivity index is 1.97. The van der Waals surface area contributed by atoms with Gasteiger partial charge in [-0.15, -0.1) is 0 Å². The fraction of sp³-hybridized carbons (Fsp3) is 0.286. The Labute approximate surface area is 179 Å². The van der Waals surface area contributed by atoms with Crippen molar-refractivity contribution in [2.45, 2.75) is 30.5 Å². The molecular formula is C21H20O11. The summed E-state index contributed by atoms with van der Waals surface area (Å²) in [7, 11) is 0. The van der Waals surface area contributed by atoms with Crippen molar-refractivity contribution in [1.82, 2.24) is 0 Å². The molecule has 32 heavy (non-hydrogen) atoms. The number of hydrogen-bond donors (Lipinski definition) is 8. The smallest absolute Gasteiger partial charge is 0.197 e. The molecule has 0 amide bonds. The van der Waals surface area contributed by atoms with E-state index in [2.05, 4.69) is 0 Å². The SMILES string of the molecule is O=c1cc(-c2ccc(O)c(O)c2)oc2c([C@H]3O[C@@H](CO)[C@H](O)[C@H](O)[C@@H]3O)c(O)cc(O)c12. The lowest BCUT2D eigenvalue weighted by molar-refractivity contribution is -0.231. The summed E-state index contributed by atoms with van der Waals surface area (Å²) in [6.07, 6.45) is -8.07. The van der Waals surface area contributed by atoms with Crippen molar-refractivity contribution in [2.24, 2.45) is 0 Å². The van der Waals surface area contributed by atoms with Gasteiger partial charge in [0.05, 0.1) is 12.2 Å². The van der Waals surface area contributed by atoms with Gasteiger partial charge in [-0.2, -0.15) is 0 Å². The van der Waals surface area contributed by atoms with Crippen LogP contribution in [0.15, 0.2) is 39.5 Å². The van der Waals surface area contributed by atoms with Crippen molar-refractivity contribution in [1.29, 1.82) is 0 Å². The molecule has 5 atom stereocenters. The van der Waals surface area contributed by atoms with E-state index in [4.69, 9.17) is 9.15 Å². The third-order valence-corrected chi connectivity index (χ3v) is 5.43. The molecule has 1 fully saturated rings. The van der Waals surface area contributed by atoms with Crippen LogP contribution in [0.25, 0.3) is 22.3 Å². The third-order valence-electron chi connectivity index (χ3n) is 5.43. The predicted octanol–water partition coefficient (Wildman–Crippen LogP) is -0.203. The van der Waals surface area contributed by atoms with E-state index in [0.717, 1.165) is 24.3 Å². The topological polar surface area (TPSA) is 201 Å². The normalized spacial score (nSPS) is 25.8. The van der Waals surface area contributed by atoms with Gasteiger partial charge in [-0.3, -0.25) is 4.79 Å². The standard InChI is InChI=1S/C21H20O11/c22-6-14-17(28)18(29)19(30)21(32-14)16-11(26)4-10(25)15-12(27)5-13(31-20(15)16)7-1-2-8(23)9(24)3-7/h1-5,14,17-19,21-26,28-30H,6H2/t14-,17-,18-,19-,21+/m0/s1. The maximum Gasteiger partial charge on any atom is 0.197 e. The Hall–Kier alpha value is -3.35. The monoisotopic (exact) mass is 448 g/mol. The maximum atomic E-state index is 12.8. The fourth-order valence-corrected chi connectivity index (χ4v) is 3.76. The number of aliphatic hydroxyl groups excluding tert-OH is 4. The summed E-state index contributed by atoms with van der Waals surface area (Å²) in [5.74, 6) is -2.28. The molecule has 0 aliphatic carbocycles. The van der Waals surface area contributed by atoms with Crippen LogP contribution in [0.3, 0.4) is 0 Å². The number of rotatable bonds is 3. The highest BCUT2D eigenvalue weighted by Crippen LogP contribution is 2.44. The Bertz CT molecular complexity index is 1230. The molecule has 1 aromatic heterocycles. The van der Waals surface area contributed by atoms with Gasteiger partial charge in [-0.1, -0.05) is 0 Å². The summed E-state index contributed by atoms with van der Waals surface area (Å²) in [6, 6.07) is 5.47. The number of fused-ring (bicyclic) bond motifs is 1. The molecule has 0 radical (unpaired) electrons. The minimum absolute atomic E-state index is 0.117. The summed E-state index contributed by atoms with van der Waals surface area (Å²) < 4.78 is 11.2. The van der Waals surface area contributed by atoms with E-state index in [1.807, 2.05) is 0 Å². The van der Waals surface area contributed by atoms with Gasteiger partial charge in [0.15, 0.2) is 22.5 Å². The van der Waals surface area contributed by atoms with Gasteiger partial charge in [0.2, 0.25) is 0 Å². The number of benzene rings is 2. The molecular weight excluding hydrogens is 428 g/mol. The molecule has 11 heteroatoms. The van der Waals surface area contributed by atoms with Gasteiger partial charge < -0.3 is 50.0 Å². The van der Waals surface area contributed by atoms with Gasteiger partial charge in [-0.05, 0) is 18.2 Å². The number of aromatic hydroxyl groups is 4. The fourth-order valence-electron chi connectivity index (χ4n) is 3.76.